The Hall–Kier alpha value is -0.920. The molecular formula is C13H19Cl2N3O2S. The van der Waals surface area contributed by atoms with E-state index in [4.69, 9.17) is 4.74 Å². The van der Waals surface area contributed by atoms with E-state index < -0.39 is 0 Å². The van der Waals surface area contributed by atoms with Gasteiger partial charge in [0.2, 0.25) is 0 Å². The van der Waals surface area contributed by atoms with E-state index in [9.17, 15) is 4.79 Å². The van der Waals surface area contributed by atoms with Crippen molar-refractivity contribution >= 4 is 52.3 Å². The summed E-state index contributed by atoms with van der Waals surface area (Å²) in [6.45, 7) is 2.80. The Morgan fingerprint density at radius 3 is 2.86 bits per heavy atom. The number of amides is 1. The summed E-state index contributed by atoms with van der Waals surface area (Å²) in [5.74, 6) is -0.0520. The van der Waals surface area contributed by atoms with E-state index in [1.165, 1.54) is 11.3 Å². The third kappa shape index (κ3) is 6.15. The van der Waals surface area contributed by atoms with Gasteiger partial charge in [-0.15, -0.1) is 36.2 Å². The number of hydrogen-bond acceptors (Lipinski definition) is 5. The van der Waals surface area contributed by atoms with Gasteiger partial charge in [0, 0.05) is 32.3 Å². The van der Waals surface area contributed by atoms with Crippen molar-refractivity contribution in [2.45, 2.75) is 0 Å². The van der Waals surface area contributed by atoms with Crippen LogP contribution in [-0.2, 0) is 4.74 Å². The summed E-state index contributed by atoms with van der Waals surface area (Å²) >= 11 is 1.54. The molecule has 8 heteroatoms. The van der Waals surface area contributed by atoms with Crippen molar-refractivity contribution in [2.75, 3.05) is 33.4 Å². The van der Waals surface area contributed by atoms with Gasteiger partial charge in [-0.2, -0.15) is 0 Å². The Morgan fingerprint density at radius 1 is 1.29 bits per heavy atom. The van der Waals surface area contributed by atoms with Crippen LogP contribution in [0.5, 0.6) is 0 Å². The van der Waals surface area contributed by atoms with Gasteiger partial charge in [-0.1, -0.05) is 0 Å². The number of ether oxygens (including phenoxy) is 1. The second-order valence-electron chi connectivity index (χ2n) is 4.03. The lowest BCUT2D eigenvalue weighted by Crippen LogP contribution is -2.33. The molecule has 0 fully saturated rings. The highest BCUT2D eigenvalue weighted by atomic mass is 35.5. The maximum absolute atomic E-state index is 11.9. The first-order chi connectivity index (χ1) is 9.31. The maximum Gasteiger partial charge on any atom is 0.251 e. The lowest BCUT2D eigenvalue weighted by Gasteiger charge is -2.06. The molecule has 0 saturated carbocycles. The van der Waals surface area contributed by atoms with Crippen LogP contribution in [0.4, 0.5) is 0 Å². The summed E-state index contributed by atoms with van der Waals surface area (Å²) in [6.07, 6.45) is 0. The molecule has 0 radical (unpaired) electrons. The molecule has 2 aromatic rings. The number of carbonyl (C=O) groups is 1. The third-order valence-corrected chi connectivity index (χ3v) is 3.46. The molecule has 0 saturated heterocycles. The van der Waals surface area contributed by atoms with Crippen LogP contribution in [0.2, 0.25) is 0 Å². The number of nitrogens with zero attached hydrogens (tertiary/aromatic N) is 1. The van der Waals surface area contributed by atoms with E-state index in [1.807, 2.05) is 12.1 Å². The van der Waals surface area contributed by atoms with Crippen LogP contribution in [0.25, 0.3) is 10.2 Å². The molecule has 118 valence electrons. The first kappa shape index (κ1) is 20.1. The molecule has 1 aromatic carbocycles. The SMILES string of the molecule is COCCNCCNC(=O)c1ccc2ncsc2c1.Cl.Cl. The Balaban J connectivity index is 0.00000200. The number of hydrogen-bond donors (Lipinski definition) is 2. The molecular weight excluding hydrogens is 333 g/mol. The zero-order valence-electron chi connectivity index (χ0n) is 11.6. The van der Waals surface area contributed by atoms with Gasteiger partial charge in [-0.25, -0.2) is 4.98 Å². The fourth-order valence-corrected chi connectivity index (χ4v) is 2.38. The van der Waals surface area contributed by atoms with Gasteiger partial charge in [-0.3, -0.25) is 4.79 Å². The summed E-state index contributed by atoms with van der Waals surface area (Å²) in [6, 6.07) is 5.55. The molecule has 0 atom stereocenters. The number of halogens is 2. The summed E-state index contributed by atoms with van der Waals surface area (Å²) in [4.78, 5) is 16.1. The number of carbonyl (C=O) groups excluding carboxylic acids is 1. The van der Waals surface area contributed by atoms with Crippen LogP contribution >= 0.6 is 36.2 Å². The average Bonchev–Trinajstić information content (AvgIpc) is 2.89. The van der Waals surface area contributed by atoms with Crippen LogP contribution in [0, 0.1) is 0 Å². The predicted molar refractivity (Wildman–Crippen MR) is 91.2 cm³/mol. The van der Waals surface area contributed by atoms with E-state index in [0.717, 1.165) is 23.3 Å². The van der Waals surface area contributed by atoms with Crippen LogP contribution < -0.4 is 10.6 Å². The second kappa shape index (κ2) is 10.8. The van der Waals surface area contributed by atoms with Gasteiger partial charge in [0.25, 0.3) is 5.91 Å². The Morgan fingerprint density at radius 2 is 2.10 bits per heavy atom. The van der Waals surface area contributed by atoms with Crippen LogP contribution in [0.3, 0.4) is 0 Å². The first-order valence-electron chi connectivity index (χ1n) is 6.12. The highest BCUT2D eigenvalue weighted by Gasteiger charge is 2.06. The van der Waals surface area contributed by atoms with Crippen molar-refractivity contribution in [3.05, 3.63) is 29.3 Å². The molecule has 21 heavy (non-hydrogen) atoms. The van der Waals surface area contributed by atoms with Crippen molar-refractivity contribution in [3.8, 4) is 0 Å². The first-order valence-corrected chi connectivity index (χ1v) is 7.00. The minimum absolute atomic E-state index is 0. The van der Waals surface area contributed by atoms with Crippen LogP contribution in [-0.4, -0.2) is 44.2 Å². The number of benzene rings is 1. The Bertz CT molecular complexity index is 551. The van der Waals surface area contributed by atoms with Gasteiger partial charge in [-0.05, 0) is 18.2 Å². The number of thiazole rings is 1. The minimum Gasteiger partial charge on any atom is -0.383 e. The van der Waals surface area contributed by atoms with E-state index in [2.05, 4.69) is 15.6 Å². The molecule has 2 N–H and O–H groups in total. The highest BCUT2D eigenvalue weighted by Crippen LogP contribution is 2.18. The maximum atomic E-state index is 11.9. The van der Waals surface area contributed by atoms with Gasteiger partial charge >= 0.3 is 0 Å². The van der Waals surface area contributed by atoms with E-state index in [1.54, 1.807) is 18.7 Å². The summed E-state index contributed by atoms with van der Waals surface area (Å²) in [5.41, 5.74) is 3.39. The normalized spacial score (nSPS) is 9.76. The van der Waals surface area contributed by atoms with Gasteiger partial charge in [0.15, 0.2) is 0 Å². The molecule has 1 aromatic heterocycles. The van der Waals surface area contributed by atoms with Crippen molar-refractivity contribution in [2.24, 2.45) is 0 Å². The van der Waals surface area contributed by atoms with E-state index in [0.29, 0.717) is 18.7 Å². The fourth-order valence-electron chi connectivity index (χ4n) is 1.66. The zero-order chi connectivity index (χ0) is 13.5. The Labute approximate surface area is 140 Å². The number of nitrogens with one attached hydrogen (secondary N) is 2. The molecule has 0 aliphatic heterocycles. The molecule has 1 heterocycles. The van der Waals surface area contributed by atoms with Gasteiger partial charge in [0.05, 0.1) is 22.3 Å². The van der Waals surface area contributed by atoms with Crippen molar-refractivity contribution in [1.82, 2.24) is 15.6 Å². The number of methoxy groups -OCH3 is 1. The van der Waals surface area contributed by atoms with Crippen molar-refractivity contribution < 1.29 is 9.53 Å². The monoisotopic (exact) mass is 351 g/mol. The highest BCUT2D eigenvalue weighted by molar-refractivity contribution is 7.16. The standard InChI is InChI=1S/C13H17N3O2S.2ClH/c1-18-7-6-14-4-5-15-13(17)10-2-3-11-12(8-10)19-9-16-11;;/h2-3,8-9,14H,4-7H2,1H3,(H,15,17);2*1H. The Kier molecular flexibility index (Phi) is 10.3. The molecule has 1 amide bonds. The van der Waals surface area contributed by atoms with Crippen molar-refractivity contribution in [3.63, 3.8) is 0 Å². The van der Waals surface area contributed by atoms with Crippen molar-refractivity contribution in [1.29, 1.82) is 0 Å². The lowest BCUT2D eigenvalue weighted by atomic mass is 10.2. The van der Waals surface area contributed by atoms with Crippen LogP contribution in [0.1, 0.15) is 10.4 Å². The molecule has 5 nitrogen and oxygen atoms in total. The predicted octanol–water partition coefficient (Wildman–Crippen LogP) is 2.11. The summed E-state index contributed by atoms with van der Waals surface area (Å²) in [7, 11) is 1.67. The topological polar surface area (TPSA) is 63.2 Å². The van der Waals surface area contributed by atoms with E-state index >= 15 is 0 Å². The molecule has 0 spiro atoms. The zero-order valence-corrected chi connectivity index (χ0v) is 14.1. The number of aromatic nitrogens is 1. The fraction of sp³-hybridized carbons (Fsp3) is 0.385. The number of rotatable bonds is 7. The molecule has 0 aliphatic carbocycles. The molecule has 0 aliphatic rings. The molecule has 0 bridgehead atoms. The van der Waals surface area contributed by atoms with Gasteiger partial charge < -0.3 is 15.4 Å². The van der Waals surface area contributed by atoms with Crippen LogP contribution in [0.15, 0.2) is 23.7 Å². The van der Waals surface area contributed by atoms with E-state index in [-0.39, 0.29) is 30.7 Å². The number of fused-ring (bicyclic) bond motifs is 1. The molecule has 2 rings (SSSR count). The smallest absolute Gasteiger partial charge is 0.251 e. The average molecular weight is 352 g/mol. The largest absolute Gasteiger partial charge is 0.383 e. The summed E-state index contributed by atoms with van der Waals surface area (Å²) in [5, 5.41) is 6.05. The quantitative estimate of drug-likeness (QED) is 0.750. The molecule has 0 unspecified atom stereocenters. The minimum atomic E-state index is -0.0520. The summed E-state index contributed by atoms with van der Waals surface area (Å²) < 4.78 is 5.95. The second-order valence-corrected chi connectivity index (χ2v) is 4.92. The lowest BCUT2D eigenvalue weighted by molar-refractivity contribution is 0.0954. The van der Waals surface area contributed by atoms with Gasteiger partial charge in [0.1, 0.15) is 0 Å². The third-order valence-electron chi connectivity index (χ3n) is 2.66.